The molecule has 0 unspecified atom stereocenters. The van der Waals surface area contributed by atoms with E-state index in [4.69, 9.17) is 5.26 Å². The third kappa shape index (κ3) is 4.01. The van der Waals surface area contributed by atoms with Crippen molar-refractivity contribution in [2.24, 2.45) is 0 Å². The van der Waals surface area contributed by atoms with Gasteiger partial charge in [0.15, 0.2) is 0 Å². The predicted molar refractivity (Wildman–Crippen MR) is 77.6 cm³/mol. The van der Waals surface area contributed by atoms with Crippen LogP contribution in [0, 0.1) is 18.3 Å². The normalized spacial score (nSPS) is 9.90. The fraction of sp³-hybridized carbons (Fsp3) is 0.200. The molecule has 2 aromatic rings. The summed E-state index contributed by atoms with van der Waals surface area (Å²) in [6, 6.07) is 10.0. The van der Waals surface area contributed by atoms with Crippen molar-refractivity contribution in [1.29, 1.82) is 5.26 Å². The first-order valence-electron chi connectivity index (χ1n) is 6.41. The van der Waals surface area contributed by atoms with Crippen molar-refractivity contribution >= 4 is 11.6 Å². The summed E-state index contributed by atoms with van der Waals surface area (Å²) in [6.45, 7) is 2.01. The Kier molecular flexibility index (Phi) is 4.46. The molecule has 0 atom stereocenters. The number of hydrogen-bond acceptors (Lipinski definition) is 4. The first kappa shape index (κ1) is 14.5. The summed E-state index contributed by atoms with van der Waals surface area (Å²) < 4.78 is 1.39. The number of aromatic nitrogens is 2. The minimum Gasteiger partial charge on any atom is -0.326 e. The SMILES string of the molecule is Cc1cc(=O)n(CCC(=O)Nc2ccc(C#N)cc2)cn1. The molecular weight excluding hydrogens is 268 g/mol. The Bertz CT molecular complexity index is 742. The van der Waals surface area contributed by atoms with Crippen LogP contribution in [-0.4, -0.2) is 15.5 Å². The molecule has 106 valence electrons. The third-order valence-electron chi connectivity index (χ3n) is 2.89. The van der Waals surface area contributed by atoms with Crippen molar-refractivity contribution in [1.82, 2.24) is 9.55 Å². The van der Waals surface area contributed by atoms with Crippen LogP contribution in [0.25, 0.3) is 0 Å². The van der Waals surface area contributed by atoms with Gasteiger partial charge >= 0.3 is 0 Å². The van der Waals surface area contributed by atoms with Gasteiger partial charge in [-0.25, -0.2) is 4.98 Å². The van der Waals surface area contributed by atoms with E-state index in [2.05, 4.69) is 10.3 Å². The topological polar surface area (TPSA) is 87.8 Å². The number of hydrogen-bond donors (Lipinski definition) is 1. The quantitative estimate of drug-likeness (QED) is 0.919. The van der Waals surface area contributed by atoms with Gasteiger partial charge in [-0.1, -0.05) is 0 Å². The number of anilines is 1. The average molecular weight is 282 g/mol. The van der Waals surface area contributed by atoms with E-state index in [1.165, 1.54) is 17.0 Å². The predicted octanol–water partition coefficient (Wildman–Crippen LogP) is 1.45. The fourth-order valence-electron chi connectivity index (χ4n) is 1.76. The van der Waals surface area contributed by atoms with Gasteiger partial charge in [-0.15, -0.1) is 0 Å². The largest absolute Gasteiger partial charge is 0.326 e. The molecule has 6 heteroatoms. The van der Waals surface area contributed by atoms with Crippen molar-refractivity contribution in [2.75, 3.05) is 5.32 Å². The van der Waals surface area contributed by atoms with E-state index in [0.717, 1.165) is 0 Å². The number of nitrogens with one attached hydrogen (secondary N) is 1. The van der Waals surface area contributed by atoms with Gasteiger partial charge in [-0.05, 0) is 31.2 Å². The molecule has 1 aromatic heterocycles. The Hall–Kier alpha value is -2.94. The van der Waals surface area contributed by atoms with Crippen LogP contribution in [0.5, 0.6) is 0 Å². The summed E-state index contributed by atoms with van der Waals surface area (Å²) in [4.78, 5) is 27.5. The molecule has 0 saturated carbocycles. The van der Waals surface area contributed by atoms with Crippen LogP contribution in [0.15, 0.2) is 41.5 Å². The van der Waals surface area contributed by atoms with Gasteiger partial charge in [0.1, 0.15) is 0 Å². The molecule has 0 radical (unpaired) electrons. The smallest absolute Gasteiger partial charge is 0.253 e. The standard InChI is InChI=1S/C15H14N4O2/c1-11-8-15(21)19(10-17-11)7-6-14(20)18-13-4-2-12(9-16)3-5-13/h2-5,8,10H,6-7H2,1H3,(H,18,20). The third-order valence-corrected chi connectivity index (χ3v) is 2.89. The number of carbonyl (C=O) groups is 1. The number of aryl methyl sites for hydroxylation is 2. The van der Waals surface area contributed by atoms with Crippen molar-refractivity contribution in [3.05, 3.63) is 58.3 Å². The second-order valence-corrected chi connectivity index (χ2v) is 4.55. The molecule has 21 heavy (non-hydrogen) atoms. The van der Waals surface area contributed by atoms with E-state index in [-0.39, 0.29) is 24.4 Å². The van der Waals surface area contributed by atoms with E-state index in [1.807, 2.05) is 6.07 Å². The average Bonchev–Trinajstić information content (AvgIpc) is 2.47. The highest BCUT2D eigenvalue weighted by molar-refractivity contribution is 5.90. The Morgan fingerprint density at radius 1 is 1.38 bits per heavy atom. The van der Waals surface area contributed by atoms with E-state index in [0.29, 0.717) is 16.9 Å². The van der Waals surface area contributed by atoms with Gasteiger partial charge in [0, 0.05) is 30.4 Å². The van der Waals surface area contributed by atoms with Gasteiger partial charge in [0.25, 0.3) is 5.56 Å². The Balaban J connectivity index is 1.92. The zero-order valence-electron chi connectivity index (χ0n) is 11.5. The van der Waals surface area contributed by atoms with Crippen molar-refractivity contribution in [3.8, 4) is 6.07 Å². The van der Waals surface area contributed by atoms with E-state index in [9.17, 15) is 9.59 Å². The lowest BCUT2D eigenvalue weighted by molar-refractivity contribution is -0.116. The molecule has 0 aliphatic rings. The second kappa shape index (κ2) is 6.48. The lowest BCUT2D eigenvalue weighted by Crippen LogP contribution is -2.23. The maximum atomic E-state index is 11.8. The van der Waals surface area contributed by atoms with Gasteiger partial charge in [-0.3, -0.25) is 14.2 Å². The Morgan fingerprint density at radius 2 is 2.10 bits per heavy atom. The lowest BCUT2D eigenvalue weighted by Gasteiger charge is -2.07. The monoisotopic (exact) mass is 282 g/mol. The highest BCUT2D eigenvalue weighted by atomic mass is 16.1. The summed E-state index contributed by atoms with van der Waals surface area (Å²) in [5.74, 6) is -0.202. The van der Waals surface area contributed by atoms with Crippen LogP contribution in [0.2, 0.25) is 0 Å². The lowest BCUT2D eigenvalue weighted by atomic mass is 10.2. The molecule has 1 amide bonds. The summed E-state index contributed by atoms with van der Waals surface area (Å²) >= 11 is 0. The molecule has 0 saturated heterocycles. The molecular formula is C15H14N4O2. The molecule has 0 fully saturated rings. The zero-order valence-corrected chi connectivity index (χ0v) is 11.5. The molecule has 2 rings (SSSR count). The molecule has 6 nitrogen and oxygen atoms in total. The minimum atomic E-state index is -0.202. The summed E-state index contributed by atoms with van der Waals surface area (Å²) in [6.07, 6.45) is 1.61. The summed E-state index contributed by atoms with van der Waals surface area (Å²) in [5, 5.41) is 11.4. The number of amides is 1. The first-order valence-corrected chi connectivity index (χ1v) is 6.41. The van der Waals surface area contributed by atoms with Crippen LogP contribution in [0.1, 0.15) is 17.7 Å². The summed E-state index contributed by atoms with van der Waals surface area (Å²) in [5.41, 5.74) is 1.63. The Morgan fingerprint density at radius 3 is 2.71 bits per heavy atom. The highest BCUT2D eigenvalue weighted by Gasteiger charge is 2.04. The maximum absolute atomic E-state index is 11.8. The van der Waals surface area contributed by atoms with Gasteiger partial charge < -0.3 is 5.32 Å². The number of rotatable bonds is 4. The number of benzene rings is 1. The van der Waals surface area contributed by atoms with Gasteiger partial charge in [0.05, 0.1) is 18.0 Å². The number of carbonyl (C=O) groups excluding carboxylic acids is 1. The first-order chi connectivity index (χ1) is 10.1. The van der Waals surface area contributed by atoms with E-state index >= 15 is 0 Å². The molecule has 0 spiro atoms. The van der Waals surface area contributed by atoms with Crippen LogP contribution in [0.3, 0.4) is 0 Å². The van der Waals surface area contributed by atoms with Crippen LogP contribution in [-0.2, 0) is 11.3 Å². The molecule has 0 aliphatic heterocycles. The zero-order chi connectivity index (χ0) is 15.2. The van der Waals surface area contributed by atoms with Gasteiger partial charge in [-0.2, -0.15) is 5.26 Å². The number of nitrogens with zero attached hydrogens (tertiary/aromatic N) is 3. The Labute approximate surface area is 121 Å². The van der Waals surface area contributed by atoms with Crippen molar-refractivity contribution in [3.63, 3.8) is 0 Å². The van der Waals surface area contributed by atoms with Crippen LogP contribution >= 0.6 is 0 Å². The second-order valence-electron chi connectivity index (χ2n) is 4.55. The highest BCUT2D eigenvalue weighted by Crippen LogP contribution is 2.09. The van der Waals surface area contributed by atoms with Gasteiger partial charge in [0.2, 0.25) is 5.91 Å². The fourth-order valence-corrected chi connectivity index (χ4v) is 1.76. The van der Waals surface area contributed by atoms with Crippen molar-refractivity contribution in [2.45, 2.75) is 19.9 Å². The van der Waals surface area contributed by atoms with Crippen LogP contribution < -0.4 is 10.9 Å². The molecule has 1 heterocycles. The van der Waals surface area contributed by atoms with Crippen molar-refractivity contribution < 1.29 is 4.79 Å². The summed E-state index contributed by atoms with van der Waals surface area (Å²) in [7, 11) is 0. The minimum absolute atomic E-state index is 0.171. The molecule has 0 bridgehead atoms. The molecule has 1 aromatic carbocycles. The van der Waals surface area contributed by atoms with E-state index in [1.54, 1.807) is 31.2 Å². The molecule has 0 aliphatic carbocycles. The number of nitriles is 1. The van der Waals surface area contributed by atoms with E-state index < -0.39 is 0 Å². The maximum Gasteiger partial charge on any atom is 0.253 e. The van der Waals surface area contributed by atoms with Crippen LogP contribution in [0.4, 0.5) is 5.69 Å². The molecule has 1 N–H and O–H groups in total.